The number of pyridine rings is 4. The van der Waals surface area contributed by atoms with E-state index in [4.69, 9.17) is 22.9 Å². The van der Waals surface area contributed by atoms with Gasteiger partial charge < -0.3 is 33.1 Å². The highest BCUT2D eigenvalue weighted by Crippen LogP contribution is 2.32. The van der Waals surface area contributed by atoms with Crippen LogP contribution < -0.4 is 70.0 Å². The first-order valence-corrected chi connectivity index (χ1v) is 37.0. The van der Waals surface area contributed by atoms with Gasteiger partial charge in [0.05, 0.1) is 24.6 Å². The molecule has 0 spiro atoms. The maximum absolute atomic E-state index is 12.1. The van der Waals surface area contributed by atoms with E-state index in [9.17, 15) is 39.0 Å². The third-order valence-corrected chi connectivity index (χ3v) is 19.7. The molecule has 0 saturated carbocycles. The normalized spacial score (nSPS) is 14.5. The molecule has 0 unspecified atom stereocenters. The third-order valence-electron chi connectivity index (χ3n) is 18.2. The van der Waals surface area contributed by atoms with Crippen molar-refractivity contribution < 1.29 is 23.9 Å². The predicted molar refractivity (Wildman–Crippen MR) is 406 cm³/mol. The zero-order valence-electron chi connectivity index (χ0n) is 60.6. The number of thiazole rings is 2. The van der Waals surface area contributed by atoms with Crippen molar-refractivity contribution in [2.24, 2.45) is 82.5 Å². The molecule has 574 valence electrons. The molecular weight excluding hydrogens is 1470 g/mol. The van der Waals surface area contributed by atoms with Gasteiger partial charge in [0.15, 0.2) is 65.1 Å². The van der Waals surface area contributed by atoms with Gasteiger partial charge >= 0.3 is 5.13 Å². The second-order valence-electron chi connectivity index (χ2n) is 25.6. The number of nitrogens with two attached hydrogens (primary N) is 4. The van der Waals surface area contributed by atoms with Gasteiger partial charge in [0.1, 0.15) is 43.0 Å². The smallest absolute Gasteiger partial charge is 0.408 e. The summed E-state index contributed by atoms with van der Waals surface area (Å²) in [6.07, 6.45) is 24.8. The molecule has 44 heteroatoms. The molecule has 42 nitrogen and oxygen atoms in total. The Morgan fingerprint density at radius 1 is 0.351 bits per heavy atom. The Morgan fingerprint density at radius 2 is 0.676 bits per heavy atom. The van der Waals surface area contributed by atoms with Crippen LogP contribution >= 0.6 is 22.7 Å². The van der Waals surface area contributed by atoms with Crippen molar-refractivity contribution in [3.63, 3.8) is 0 Å². The first-order valence-electron chi connectivity index (χ1n) is 35.3. The van der Waals surface area contributed by atoms with Crippen LogP contribution in [0.2, 0.25) is 0 Å². The predicted octanol–water partition coefficient (Wildman–Crippen LogP) is 8.12. The monoisotopic (exact) mass is 1550 g/mol. The van der Waals surface area contributed by atoms with Crippen LogP contribution in [0.15, 0.2) is 211 Å². The van der Waals surface area contributed by atoms with Crippen molar-refractivity contribution in [2.75, 3.05) is 22.9 Å². The second kappa shape index (κ2) is 34.0. The Bertz CT molecular complexity index is 5930. The van der Waals surface area contributed by atoms with E-state index in [1.54, 1.807) is 114 Å². The van der Waals surface area contributed by atoms with Gasteiger partial charge in [0.2, 0.25) is 34.0 Å². The molecule has 0 saturated heterocycles. The fraction of sp³-hybridized carbons (Fsp3) is 0.343. The van der Waals surface area contributed by atoms with Gasteiger partial charge in [0.25, 0.3) is 33.4 Å². The SMILES string of the molecule is C[n+]1cccc(N=Nc2c(N)n3n(c2=O)CCC3)c1.C[n+]1cccc(N=Nc2c(O)n3n(c2=O)CCCC3)c1.C[n+]1ccsc1N=Nc1c(N)n2n(c1=O)CCC2.Nc1c(N=Nc2cccnc2)c(=O)n2n1CCC2.Nc1c(N=Nc2nccs2)c(=O)n2n1CCC2.O=c1c(N=Nc2cccnc2)c(O)n2n1CCCC2. The largest absolute Gasteiger partial charge is 0.492 e. The number of nitrogen functional groups attached to an aromatic ring is 4. The van der Waals surface area contributed by atoms with Crippen molar-refractivity contribution in [1.29, 1.82) is 0 Å². The van der Waals surface area contributed by atoms with Gasteiger partial charge in [-0.15, -0.1) is 62.5 Å². The number of hydrogen-bond donors (Lipinski definition) is 6. The standard InChI is InChI=1S/C13H15N5O2.C12H14N6O.C12H13N5O2.C11H12N6O.C10H12N6OS.C9H10N6OS/c1-16-6-4-5-10(9-16)14-15-11-12(19)17-7-2-3-8-18(17)13(11)20;1-16-5-2-4-9(8-16)14-15-10-11(13)17-6-3-7-18(17)12(10)19;18-11-10(15-14-9-4-3-5-13-8-9)12(19)17-7-2-1-6-16(11)17;12-10-9(11(18)17-6-2-5-16(10)17)15-14-8-3-1-4-13-7-8;1-14-5-6-18-10(14)13-12-7-8(11)15-3-2-4-16(15)9(7)17;10-7-6(12-13-9-11-2-5-17-9)8(16)15-4-1-3-14(7)15/h4-6,9H,2-3,7-8H2,1H3;2,4-5,8H,3,6-7H2,1H3,(H-,13,14,19);3-5,8,18H,1-2,6-7H2;1,3-4,7H,2,5-6,12H2;5-6,11H,2-4H2,1H3;2,5H,1,3-4,10H2/p+3. The molecule has 0 amide bonds. The highest BCUT2D eigenvalue weighted by atomic mass is 32.1. The number of aryl methyl sites for hydroxylation is 3. The Hall–Kier alpha value is -13.7. The van der Waals surface area contributed by atoms with Crippen molar-refractivity contribution in [2.45, 2.75) is 130 Å². The highest BCUT2D eigenvalue weighted by molar-refractivity contribution is 7.13. The van der Waals surface area contributed by atoms with Crippen LogP contribution in [0, 0.1) is 0 Å². The summed E-state index contributed by atoms with van der Waals surface area (Å²) in [7, 11) is 5.65. The summed E-state index contributed by atoms with van der Waals surface area (Å²) >= 11 is 2.81. The van der Waals surface area contributed by atoms with E-state index in [2.05, 4.69) is 76.3 Å². The first kappa shape index (κ1) is 75.6. The number of rotatable bonds is 12. The molecule has 6 aliphatic rings. The lowest BCUT2D eigenvalue weighted by Gasteiger charge is -2.16. The summed E-state index contributed by atoms with van der Waals surface area (Å²) in [6, 6.07) is 14.3. The van der Waals surface area contributed by atoms with Crippen LogP contribution in [0.3, 0.4) is 0 Å². The van der Waals surface area contributed by atoms with Gasteiger partial charge in [-0.25, -0.2) is 56.1 Å². The minimum atomic E-state index is -0.301. The van der Waals surface area contributed by atoms with E-state index in [0.717, 1.165) is 82.7 Å². The average molecular weight is 1550 g/mol. The average Bonchev–Trinajstić information content (AvgIpc) is 1.69. The molecule has 12 aromatic rings. The number of fused-ring (bicyclic) bond motifs is 6. The summed E-state index contributed by atoms with van der Waals surface area (Å²) in [4.78, 5) is 84.0. The molecule has 0 aromatic carbocycles. The summed E-state index contributed by atoms with van der Waals surface area (Å²) in [5.41, 5.74) is 25.7. The molecule has 18 heterocycles. The lowest BCUT2D eigenvalue weighted by Crippen LogP contribution is -2.26. The second-order valence-corrected chi connectivity index (χ2v) is 27.4. The van der Waals surface area contributed by atoms with Gasteiger partial charge in [-0.2, -0.15) is 0 Å². The fourth-order valence-corrected chi connectivity index (χ4v) is 13.9. The molecule has 0 aliphatic carbocycles. The quantitative estimate of drug-likeness (QED) is 0.0497. The number of hydrogen-bond acceptors (Lipinski definition) is 29. The first-order chi connectivity index (χ1) is 53.8. The molecule has 111 heavy (non-hydrogen) atoms. The van der Waals surface area contributed by atoms with Crippen LogP contribution in [0.4, 0.5) is 90.4 Å². The van der Waals surface area contributed by atoms with Gasteiger partial charge in [-0.3, -0.25) is 57.5 Å². The van der Waals surface area contributed by atoms with E-state index in [1.165, 1.54) is 38.2 Å². The summed E-state index contributed by atoms with van der Waals surface area (Å²) in [5.74, 6) is 1.35. The molecule has 0 atom stereocenters. The highest BCUT2D eigenvalue weighted by Gasteiger charge is 2.28. The van der Waals surface area contributed by atoms with Crippen LogP contribution in [0.1, 0.15) is 51.4 Å². The van der Waals surface area contributed by atoms with Crippen LogP contribution in [0.5, 0.6) is 11.8 Å². The van der Waals surface area contributed by atoms with Crippen molar-refractivity contribution in [3.05, 3.63) is 183 Å². The van der Waals surface area contributed by atoms with E-state index in [0.29, 0.717) is 104 Å². The molecule has 18 rings (SSSR count). The molecule has 12 aromatic heterocycles. The van der Waals surface area contributed by atoms with Crippen molar-refractivity contribution in [1.82, 2.24) is 71.1 Å². The van der Waals surface area contributed by atoms with E-state index in [-0.39, 0.29) is 79.2 Å². The van der Waals surface area contributed by atoms with Crippen LogP contribution in [-0.4, -0.2) is 81.3 Å². The Labute approximate surface area is 635 Å². The molecule has 0 radical (unpaired) electrons. The van der Waals surface area contributed by atoms with Gasteiger partial charge in [0, 0.05) is 120 Å². The Kier molecular flexibility index (Phi) is 23.2. The van der Waals surface area contributed by atoms with Crippen molar-refractivity contribution >= 4 is 113 Å². The molecule has 10 N–H and O–H groups in total. The van der Waals surface area contributed by atoms with E-state index < -0.39 is 0 Å². The van der Waals surface area contributed by atoms with Crippen LogP contribution in [0.25, 0.3) is 0 Å². The number of aromatic nitrogens is 18. The maximum Gasteiger partial charge on any atom is 0.408 e. The van der Waals surface area contributed by atoms with Gasteiger partial charge in [-0.05, 0) is 104 Å². The fourth-order valence-electron chi connectivity index (χ4n) is 12.7. The van der Waals surface area contributed by atoms with Gasteiger partial charge in [-0.1, -0.05) is 0 Å². The topological polar surface area (TPSA) is 505 Å². The number of nitrogens with zero attached hydrogens (tertiary/aromatic N) is 30. The third kappa shape index (κ3) is 16.6. The minimum absolute atomic E-state index is 0.00856. The molecule has 0 fully saturated rings. The number of anilines is 4. The van der Waals surface area contributed by atoms with E-state index >= 15 is 0 Å². The molecule has 6 aliphatic heterocycles. The molecule has 0 bridgehead atoms. The number of azo groups is 6. The molecular formula is C67H79N34O8S2+3. The van der Waals surface area contributed by atoms with Crippen LogP contribution in [-0.2, 0) is 99.7 Å². The lowest BCUT2D eigenvalue weighted by atomic mass is 10.3. The summed E-state index contributed by atoms with van der Waals surface area (Å²) < 4.78 is 25.2. The zero-order chi connectivity index (χ0) is 77.8. The Balaban J connectivity index is 0.000000117. The summed E-state index contributed by atoms with van der Waals surface area (Å²) in [6.45, 7) is 8.29. The Morgan fingerprint density at radius 3 is 1.01 bits per heavy atom. The lowest BCUT2D eigenvalue weighted by molar-refractivity contribution is -0.671. The number of aromatic hydroxyl groups is 2. The zero-order valence-corrected chi connectivity index (χ0v) is 62.2. The summed E-state index contributed by atoms with van der Waals surface area (Å²) in [5, 5.41) is 72.6. The maximum atomic E-state index is 12.1. The minimum Gasteiger partial charge on any atom is -0.492 e. The van der Waals surface area contributed by atoms with E-state index in [1.807, 2.05) is 83.2 Å². The van der Waals surface area contributed by atoms with Crippen molar-refractivity contribution in [3.8, 4) is 11.8 Å².